The van der Waals surface area contributed by atoms with Crippen LogP contribution in [-0.2, 0) is 64.0 Å². The minimum atomic E-state index is -2.23. The van der Waals surface area contributed by atoms with E-state index in [1.165, 1.54) is 28.9 Å². The van der Waals surface area contributed by atoms with Gasteiger partial charge in [-0.3, -0.25) is 62.4 Å². The lowest BCUT2D eigenvalue weighted by molar-refractivity contribution is -0.154. The molecule has 8 bridgehead atoms. The second-order valence-corrected chi connectivity index (χ2v) is 24.3. The van der Waals surface area contributed by atoms with Crippen molar-refractivity contribution in [2.45, 2.75) is 177 Å². The van der Waals surface area contributed by atoms with Crippen molar-refractivity contribution in [3.8, 4) is 5.75 Å². The van der Waals surface area contributed by atoms with Gasteiger partial charge in [0.2, 0.25) is 41.0 Å². The van der Waals surface area contributed by atoms with E-state index in [0.717, 1.165) is 11.8 Å². The molecule has 25 nitrogen and oxygen atoms in total. The lowest BCUT2D eigenvalue weighted by Gasteiger charge is -2.43. The first kappa shape index (κ1) is 65.5. The highest BCUT2D eigenvalue weighted by Gasteiger charge is 2.57. The minimum Gasteiger partial charge on any atom is -0.475 e. The van der Waals surface area contributed by atoms with Crippen molar-refractivity contribution in [1.82, 2.24) is 41.4 Å². The second-order valence-electron chi connectivity index (χ2n) is 23.3. The molecule has 1 saturated heterocycles. The number of thioether (sulfide) groups is 1. The van der Waals surface area contributed by atoms with Crippen LogP contribution in [0.3, 0.4) is 0 Å². The number of H-pyrrole nitrogens is 1. The van der Waals surface area contributed by atoms with E-state index in [9.17, 15) is 58.5 Å². The number of carbonyl (C=O) groups is 12. The Hall–Kier alpha value is -7.03. The van der Waals surface area contributed by atoms with Crippen LogP contribution >= 0.6 is 11.8 Å². The number of rotatable bonds is 21. The van der Waals surface area contributed by atoms with Crippen LogP contribution in [0.25, 0.3) is 10.9 Å². The third kappa shape index (κ3) is 16.5. The average molecular weight is 1200 g/mol. The number of nitrogens with zero attached hydrogens (tertiary/aromatic N) is 2. The summed E-state index contributed by atoms with van der Waals surface area (Å²) in [7, 11) is 0. The summed E-state index contributed by atoms with van der Waals surface area (Å²) in [5.41, 5.74) is 4.44. The largest absolute Gasteiger partial charge is 0.475 e. The van der Waals surface area contributed by atoms with Crippen LogP contribution in [-0.4, -0.2) is 181 Å². The smallest absolute Gasteiger partial charge is 0.266 e. The molecule has 2 aromatic rings. The molecule has 85 heavy (non-hydrogen) atoms. The van der Waals surface area contributed by atoms with Gasteiger partial charge in [0.1, 0.15) is 17.6 Å². The van der Waals surface area contributed by atoms with Crippen LogP contribution in [0.5, 0.6) is 5.75 Å². The molecule has 6 aliphatic heterocycles. The topological polar surface area (TPSA) is 383 Å². The van der Waals surface area contributed by atoms with Gasteiger partial charge in [-0.1, -0.05) is 52.9 Å². The summed E-state index contributed by atoms with van der Waals surface area (Å²) in [5, 5.41) is 47.4. The molecule has 0 spiro atoms. The maximum atomic E-state index is 16.0. The molecule has 1 fully saturated rings. The first-order valence-electron chi connectivity index (χ1n) is 29.6. The molecular formula is C59H81N9O16S. The molecule has 11 N–H and O–H groups in total. The van der Waals surface area contributed by atoms with Crippen LogP contribution in [0.1, 0.15) is 129 Å². The number of aliphatic hydroxyl groups excluding tert-OH is 3. The number of nitrogens with one attached hydrogen (secondary N) is 6. The number of ether oxygens (including phenoxy) is 1. The Labute approximate surface area is 496 Å². The Morgan fingerprint density at radius 3 is 2.15 bits per heavy atom. The number of hydrogen-bond donors (Lipinski definition) is 10. The zero-order valence-corrected chi connectivity index (χ0v) is 49.3. The molecule has 8 rings (SSSR count). The lowest BCUT2D eigenvalue weighted by atomic mass is 9.81. The fraction of sp³-hybridized carbons (Fsp3) is 0.627. The molecule has 11 atom stereocenters. The van der Waals surface area contributed by atoms with E-state index in [1.807, 2.05) is 0 Å². The molecule has 6 aliphatic rings. The highest BCUT2D eigenvalue weighted by Crippen LogP contribution is 2.41. The maximum Gasteiger partial charge on any atom is 0.266 e. The first-order valence-corrected chi connectivity index (χ1v) is 30.6. The fourth-order valence-electron chi connectivity index (χ4n) is 12.0. The summed E-state index contributed by atoms with van der Waals surface area (Å²) in [6.45, 7) is 2.63. The summed E-state index contributed by atoms with van der Waals surface area (Å²) in [4.78, 5) is 172. The van der Waals surface area contributed by atoms with Crippen molar-refractivity contribution in [2.24, 2.45) is 29.4 Å². The number of amides is 9. The number of benzene rings is 1. The number of carbonyl (C=O) groups excluding carboxylic acids is 12. The standard InChI is InChI=1S/C59H81N9O16S/c1-4-32(2)52-55(81)62-27-48(76)63-42-31-85-56-40-21-34(54(80)61-28-49(77)65-52)22-44(73)53(33(3)45(74)30-69)66-58(83)59(84-38-15-16-39(40)41(26-38)64-56,46-25-37(71)29-68(46)57(82)35(23-43(42)72)24-47(60)75)19-11-7-5-6-9-13-36(70)14-10-8-12-20-67-50(78)17-18-51(67)79/h15-18,26,32-35,37,42,45-46,52-53,64,69,71,74H,4-14,19-25,27-31H2,1-3H3,(H2,60,75)(H,61,80)(H,62,81)(H,63,76)(H,65,77)(H,66,83)/t32-,33-,34-,35-,37+,42-,45-,46-,52-,53-,59?/m0/s1. The van der Waals surface area contributed by atoms with Gasteiger partial charge in [-0.05, 0) is 68.6 Å². The third-order valence-electron chi connectivity index (χ3n) is 17.1. The zero-order chi connectivity index (χ0) is 61.7. The number of primary amides is 1. The lowest BCUT2D eigenvalue weighted by Crippen LogP contribution is -2.66. The van der Waals surface area contributed by atoms with E-state index >= 15 is 14.4 Å². The van der Waals surface area contributed by atoms with E-state index in [0.29, 0.717) is 85.7 Å². The van der Waals surface area contributed by atoms with Crippen molar-refractivity contribution >= 4 is 93.2 Å². The number of Topliss-reactive ketones (excluding diaryl/α,β-unsaturated/α-hetero) is 3. The van der Waals surface area contributed by atoms with E-state index in [2.05, 4.69) is 31.6 Å². The highest BCUT2D eigenvalue weighted by molar-refractivity contribution is 7.99. The number of imide groups is 1. The van der Waals surface area contributed by atoms with Gasteiger partial charge in [0.05, 0.1) is 66.5 Å². The Morgan fingerprint density at radius 1 is 0.812 bits per heavy atom. The van der Waals surface area contributed by atoms with Crippen LogP contribution < -0.4 is 37.1 Å². The molecule has 1 aromatic heterocycles. The molecule has 0 aliphatic carbocycles. The van der Waals surface area contributed by atoms with Crippen molar-refractivity contribution < 1.29 is 77.6 Å². The first-order chi connectivity index (χ1) is 40.5. The monoisotopic (exact) mass is 1200 g/mol. The van der Waals surface area contributed by atoms with Crippen LogP contribution in [0.15, 0.2) is 35.4 Å². The van der Waals surface area contributed by atoms with Gasteiger partial charge in [0.15, 0.2) is 11.6 Å². The van der Waals surface area contributed by atoms with E-state index in [1.54, 1.807) is 32.0 Å². The van der Waals surface area contributed by atoms with Crippen molar-refractivity contribution in [1.29, 1.82) is 0 Å². The van der Waals surface area contributed by atoms with Gasteiger partial charge >= 0.3 is 0 Å². The summed E-state index contributed by atoms with van der Waals surface area (Å²) in [6.07, 6.45) is 2.15. The van der Waals surface area contributed by atoms with Crippen LogP contribution in [0.4, 0.5) is 0 Å². The van der Waals surface area contributed by atoms with Crippen LogP contribution in [0, 0.1) is 23.7 Å². The highest BCUT2D eigenvalue weighted by atomic mass is 32.2. The molecular weight excluding hydrogens is 1120 g/mol. The van der Waals surface area contributed by atoms with Gasteiger partial charge in [-0.25, -0.2) is 0 Å². The van der Waals surface area contributed by atoms with Crippen LogP contribution in [0.2, 0.25) is 0 Å². The Bertz CT molecular complexity index is 2900. The SMILES string of the molecule is CC[C@H](C)[C@@H]1NC(=O)CNC(=O)[C@@H]2CC(=O)[C@H]([C@@H](C)[C@@H](O)CO)NC(=O)C3(CCCCCCCC(=O)CCCCCN4C(=O)C=CC4=O)Oc4ccc5c(c([nH]c5c4)SC[C@H](NC(=O)CNC1=O)C(=O)C[C@@H](CC(N)=O)C(=O)N1C[C@H](O)C[C@H]13)C2. The van der Waals surface area contributed by atoms with Gasteiger partial charge in [-0.2, -0.15) is 0 Å². The number of nitrogens with two attached hydrogens (primary N) is 1. The van der Waals surface area contributed by atoms with Crippen molar-refractivity contribution in [3.05, 3.63) is 35.9 Å². The number of aromatic amines is 1. The third-order valence-corrected chi connectivity index (χ3v) is 18.2. The average Bonchev–Trinajstić information content (AvgIpc) is 1.80. The van der Waals surface area contributed by atoms with E-state index < -0.39 is 164 Å². The van der Waals surface area contributed by atoms with Gasteiger partial charge in [0, 0.05) is 86.4 Å². The second kappa shape index (κ2) is 29.9. The normalized spacial score (nSPS) is 26.7. The molecule has 0 radical (unpaired) electrons. The zero-order valence-electron chi connectivity index (χ0n) is 48.5. The fourth-order valence-corrected chi connectivity index (χ4v) is 13.1. The number of ketones is 3. The van der Waals surface area contributed by atoms with E-state index in [-0.39, 0.29) is 61.3 Å². The van der Waals surface area contributed by atoms with Gasteiger partial charge < -0.3 is 62.3 Å². The summed E-state index contributed by atoms with van der Waals surface area (Å²) in [5.74, 6) is -12.7. The Kier molecular flexibility index (Phi) is 23.0. The minimum absolute atomic E-state index is 0.0624. The number of aliphatic hydroxyl groups is 3. The molecule has 464 valence electrons. The number of fused-ring (bicyclic) bond motifs is 8. The molecule has 26 heteroatoms. The molecule has 1 unspecified atom stereocenters. The van der Waals surface area contributed by atoms with E-state index in [4.69, 9.17) is 10.5 Å². The van der Waals surface area contributed by atoms with Crippen molar-refractivity contribution in [3.63, 3.8) is 0 Å². The summed E-state index contributed by atoms with van der Waals surface area (Å²) in [6, 6.07) is -0.775. The number of unbranched alkanes of at least 4 members (excludes halogenated alkanes) is 6. The predicted molar refractivity (Wildman–Crippen MR) is 307 cm³/mol. The molecule has 1 aromatic carbocycles. The predicted octanol–water partition coefficient (Wildman–Crippen LogP) is 0.456. The Balaban J connectivity index is 1.29. The van der Waals surface area contributed by atoms with Gasteiger partial charge in [-0.15, -0.1) is 11.8 Å². The van der Waals surface area contributed by atoms with Gasteiger partial charge in [0.25, 0.3) is 17.7 Å². The summed E-state index contributed by atoms with van der Waals surface area (Å²) < 4.78 is 7.04. The molecule has 7 heterocycles. The quantitative estimate of drug-likeness (QED) is 0.0599. The summed E-state index contributed by atoms with van der Waals surface area (Å²) >= 11 is 1.06. The number of aromatic nitrogens is 1. The molecule has 9 amide bonds. The maximum absolute atomic E-state index is 16.0. The number of hydrogen-bond acceptors (Lipinski definition) is 17. The Morgan fingerprint density at radius 2 is 1.47 bits per heavy atom. The van der Waals surface area contributed by atoms with Crippen molar-refractivity contribution in [2.75, 3.05) is 38.5 Å². The molecule has 0 saturated carbocycles.